The van der Waals surface area contributed by atoms with E-state index in [1.165, 1.54) is 16.9 Å². The third-order valence-corrected chi connectivity index (χ3v) is 3.86. The Balaban J connectivity index is 2.11. The fourth-order valence-corrected chi connectivity index (χ4v) is 2.48. The van der Waals surface area contributed by atoms with Gasteiger partial charge in [0.05, 0.1) is 0 Å². The van der Waals surface area contributed by atoms with E-state index in [9.17, 15) is 0 Å². The van der Waals surface area contributed by atoms with Gasteiger partial charge in [-0.25, -0.2) is 0 Å². The lowest BCUT2D eigenvalue weighted by atomic mass is 9.92. The number of rotatable bonds is 6. The van der Waals surface area contributed by atoms with Crippen LogP contribution in [0.1, 0.15) is 32.8 Å². The fraction of sp³-hybridized carbons (Fsp3) is 0.600. The standard InChI is InChI=1S/C15H25NS/c1-13-7-5-6-8-14(13)17-12-11-16-10-9-15(2,3)4/h5-8,16H,9-12H2,1-4H3. The van der Waals surface area contributed by atoms with Crippen molar-refractivity contribution >= 4 is 11.8 Å². The molecule has 0 aliphatic carbocycles. The van der Waals surface area contributed by atoms with Crippen LogP contribution in [0.2, 0.25) is 0 Å². The Morgan fingerprint density at radius 2 is 1.82 bits per heavy atom. The van der Waals surface area contributed by atoms with Gasteiger partial charge in [-0.3, -0.25) is 0 Å². The molecule has 0 radical (unpaired) electrons. The summed E-state index contributed by atoms with van der Waals surface area (Å²) >= 11 is 1.94. The van der Waals surface area contributed by atoms with Gasteiger partial charge in [-0.05, 0) is 36.9 Å². The molecule has 0 unspecified atom stereocenters. The van der Waals surface area contributed by atoms with Crippen molar-refractivity contribution in [1.82, 2.24) is 5.32 Å². The molecule has 0 atom stereocenters. The highest BCUT2D eigenvalue weighted by atomic mass is 32.2. The Morgan fingerprint density at radius 3 is 2.47 bits per heavy atom. The molecule has 1 rings (SSSR count). The minimum absolute atomic E-state index is 0.441. The lowest BCUT2D eigenvalue weighted by Crippen LogP contribution is -2.22. The van der Waals surface area contributed by atoms with Gasteiger partial charge in [-0.15, -0.1) is 11.8 Å². The lowest BCUT2D eigenvalue weighted by Gasteiger charge is -2.18. The lowest BCUT2D eigenvalue weighted by molar-refractivity contribution is 0.369. The molecule has 0 aromatic heterocycles. The zero-order chi connectivity index (χ0) is 12.7. The predicted octanol–water partition coefficient (Wildman–Crippen LogP) is 4.11. The minimum Gasteiger partial charge on any atom is -0.316 e. The second-order valence-electron chi connectivity index (χ2n) is 5.67. The summed E-state index contributed by atoms with van der Waals surface area (Å²) in [6.07, 6.45) is 1.24. The molecule has 0 aliphatic rings. The molecular weight excluding hydrogens is 226 g/mol. The van der Waals surface area contributed by atoms with Crippen molar-refractivity contribution in [3.05, 3.63) is 29.8 Å². The first-order valence-corrected chi connectivity index (χ1v) is 7.37. The average Bonchev–Trinajstić information content (AvgIpc) is 2.24. The van der Waals surface area contributed by atoms with Crippen LogP contribution in [0.15, 0.2) is 29.2 Å². The summed E-state index contributed by atoms with van der Waals surface area (Å²) in [5, 5.41) is 3.51. The molecule has 1 nitrogen and oxygen atoms in total. The van der Waals surface area contributed by atoms with E-state index in [4.69, 9.17) is 0 Å². The van der Waals surface area contributed by atoms with Crippen molar-refractivity contribution in [1.29, 1.82) is 0 Å². The minimum atomic E-state index is 0.441. The van der Waals surface area contributed by atoms with Crippen LogP contribution in [0, 0.1) is 12.3 Å². The van der Waals surface area contributed by atoms with Crippen LogP contribution >= 0.6 is 11.8 Å². The monoisotopic (exact) mass is 251 g/mol. The molecule has 1 aromatic rings. The zero-order valence-electron chi connectivity index (χ0n) is 11.5. The van der Waals surface area contributed by atoms with Gasteiger partial charge in [0.2, 0.25) is 0 Å². The molecule has 0 heterocycles. The molecule has 1 aromatic carbocycles. The summed E-state index contributed by atoms with van der Waals surface area (Å²) in [4.78, 5) is 1.41. The second-order valence-corrected chi connectivity index (χ2v) is 6.81. The summed E-state index contributed by atoms with van der Waals surface area (Å²) in [5.74, 6) is 1.15. The van der Waals surface area contributed by atoms with Crippen LogP contribution in [0.5, 0.6) is 0 Å². The third-order valence-electron chi connectivity index (χ3n) is 2.68. The molecule has 0 fully saturated rings. The first-order chi connectivity index (χ1) is 7.99. The SMILES string of the molecule is Cc1ccccc1SCCNCCC(C)(C)C. The number of benzene rings is 1. The Labute approximate surface area is 110 Å². The Kier molecular flexibility index (Phi) is 6.07. The van der Waals surface area contributed by atoms with E-state index in [0.717, 1.165) is 18.8 Å². The van der Waals surface area contributed by atoms with Crippen molar-refractivity contribution in [3.8, 4) is 0 Å². The quantitative estimate of drug-likeness (QED) is 0.603. The van der Waals surface area contributed by atoms with E-state index in [2.05, 4.69) is 57.3 Å². The Hall–Kier alpha value is -0.470. The Morgan fingerprint density at radius 1 is 1.12 bits per heavy atom. The van der Waals surface area contributed by atoms with Gasteiger partial charge in [0.1, 0.15) is 0 Å². The summed E-state index contributed by atoms with van der Waals surface area (Å²) in [6.45, 7) is 11.3. The van der Waals surface area contributed by atoms with Gasteiger partial charge in [-0.2, -0.15) is 0 Å². The van der Waals surface area contributed by atoms with Gasteiger partial charge in [0.25, 0.3) is 0 Å². The average molecular weight is 251 g/mol. The van der Waals surface area contributed by atoms with Crippen molar-refractivity contribution in [3.63, 3.8) is 0 Å². The number of nitrogens with one attached hydrogen (secondary N) is 1. The van der Waals surface area contributed by atoms with E-state index < -0.39 is 0 Å². The van der Waals surface area contributed by atoms with Gasteiger partial charge >= 0.3 is 0 Å². The van der Waals surface area contributed by atoms with E-state index >= 15 is 0 Å². The van der Waals surface area contributed by atoms with E-state index in [1.807, 2.05) is 11.8 Å². The van der Waals surface area contributed by atoms with Crippen LogP contribution in [-0.4, -0.2) is 18.8 Å². The van der Waals surface area contributed by atoms with E-state index in [0.29, 0.717) is 5.41 Å². The molecule has 0 saturated carbocycles. The van der Waals surface area contributed by atoms with E-state index in [-0.39, 0.29) is 0 Å². The normalized spacial score (nSPS) is 11.8. The Bertz CT molecular complexity index is 328. The van der Waals surface area contributed by atoms with Gasteiger partial charge in [0, 0.05) is 17.2 Å². The summed E-state index contributed by atoms with van der Waals surface area (Å²) in [5.41, 5.74) is 1.82. The summed E-state index contributed by atoms with van der Waals surface area (Å²) < 4.78 is 0. The largest absolute Gasteiger partial charge is 0.316 e. The smallest absolute Gasteiger partial charge is 0.0106 e. The van der Waals surface area contributed by atoms with Gasteiger partial charge in [0.15, 0.2) is 0 Å². The molecule has 17 heavy (non-hydrogen) atoms. The number of thioether (sulfide) groups is 1. The van der Waals surface area contributed by atoms with Crippen molar-refractivity contribution in [2.45, 2.75) is 39.0 Å². The van der Waals surface area contributed by atoms with Crippen LogP contribution in [0.3, 0.4) is 0 Å². The van der Waals surface area contributed by atoms with E-state index in [1.54, 1.807) is 0 Å². The maximum absolute atomic E-state index is 3.51. The predicted molar refractivity (Wildman–Crippen MR) is 78.8 cm³/mol. The molecule has 0 amide bonds. The molecular formula is C15H25NS. The molecule has 0 aliphatic heterocycles. The second kappa shape index (κ2) is 7.07. The molecule has 1 N–H and O–H groups in total. The maximum atomic E-state index is 3.51. The van der Waals surface area contributed by atoms with Crippen molar-refractivity contribution in [2.24, 2.45) is 5.41 Å². The first kappa shape index (κ1) is 14.6. The summed E-state index contributed by atoms with van der Waals surface area (Å²) in [7, 11) is 0. The maximum Gasteiger partial charge on any atom is 0.0106 e. The number of aryl methyl sites for hydroxylation is 1. The zero-order valence-corrected chi connectivity index (χ0v) is 12.4. The topological polar surface area (TPSA) is 12.0 Å². The molecule has 96 valence electrons. The molecule has 0 bridgehead atoms. The van der Waals surface area contributed by atoms with Crippen LogP contribution in [0.4, 0.5) is 0 Å². The highest BCUT2D eigenvalue weighted by Gasteiger charge is 2.08. The molecule has 0 saturated heterocycles. The summed E-state index contributed by atoms with van der Waals surface area (Å²) in [6, 6.07) is 8.59. The first-order valence-electron chi connectivity index (χ1n) is 6.38. The third kappa shape index (κ3) is 6.75. The molecule has 0 spiro atoms. The van der Waals surface area contributed by atoms with Crippen molar-refractivity contribution in [2.75, 3.05) is 18.8 Å². The van der Waals surface area contributed by atoms with Crippen LogP contribution < -0.4 is 5.32 Å². The van der Waals surface area contributed by atoms with Gasteiger partial charge < -0.3 is 5.32 Å². The van der Waals surface area contributed by atoms with Crippen LogP contribution in [-0.2, 0) is 0 Å². The highest BCUT2D eigenvalue weighted by Crippen LogP contribution is 2.21. The van der Waals surface area contributed by atoms with Crippen molar-refractivity contribution < 1.29 is 0 Å². The number of hydrogen-bond donors (Lipinski definition) is 1. The highest BCUT2D eigenvalue weighted by molar-refractivity contribution is 7.99. The fourth-order valence-electron chi connectivity index (χ4n) is 1.54. The number of hydrogen-bond acceptors (Lipinski definition) is 2. The van der Waals surface area contributed by atoms with Gasteiger partial charge in [-0.1, -0.05) is 39.0 Å². The van der Waals surface area contributed by atoms with Crippen LogP contribution in [0.25, 0.3) is 0 Å². The molecule has 2 heteroatoms.